The van der Waals surface area contributed by atoms with Crippen LogP contribution in [-0.4, -0.2) is 39.4 Å². The molecule has 3 unspecified atom stereocenters. The van der Waals surface area contributed by atoms with Gasteiger partial charge in [0.2, 0.25) is 0 Å². The van der Waals surface area contributed by atoms with Crippen LogP contribution in [0.1, 0.15) is 139 Å². The Balaban J connectivity index is 1.31. The van der Waals surface area contributed by atoms with Gasteiger partial charge in [-0.15, -0.1) is 0 Å². The predicted molar refractivity (Wildman–Crippen MR) is 192 cm³/mol. The highest BCUT2D eigenvalue weighted by Gasteiger charge is 2.71. The fourth-order valence-corrected chi connectivity index (χ4v) is 13.6. The number of alkyl carbamates (subject to hydrolysis) is 1. The number of allylic oxidation sites excluding steroid dienone is 5. The standard InChI is InChI=1S/C42H63NO6/c1-25(2)27-15-22-42(43-35(48)49-36(3,4)5)24-23-39(9)29(32(27)42)11-12-31-38(8)18-16-28(37(6,7)30(38)17-19-40(31,39)10)26-13-20-41(21-14-26,33(44)45)34(46)47/h13,16,27,29-32H,1,11-12,14-15,17-24H2,2-10H3,(H,43,48)(H,44,45)(H,46,47)/t27-,29+,30?,31?,32?,38-,39+,40+,42-/m0/s1. The maximum atomic E-state index is 13.3. The van der Waals surface area contributed by atoms with Crippen molar-refractivity contribution in [1.29, 1.82) is 0 Å². The Labute approximate surface area is 294 Å². The number of carboxylic acid groups (broad SMARTS) is 2. The van der Waals surface area contributed by atoms with Crippen molar-refractivity contribution in [3.63, 3.8) is 0 Å². The Hall–Kier alpha value is -2.57. The van der Waals surface area contributed by atoms with Gasteiger partial charge in [0.1, 0.15) is 5.60 Å². The quantitative estimate of drug-likeness (QED) is 0.197. The molecule has 7 nitrogen and oxygen atoms in total. The molecule has 6 rings (SSSR count). The van der Waals surface area contributed by atoms with Gasteiger partial charge in [-0.25, -0.2) is 4.79 Å². The summed E-state index contributed by atoms with van der Waals surface area (Å²) in [5.74, 6) is -0.158. The molecule has 9 atom stereocenters. The summed E-state index contributed by atoms with van der Waals surface area (Å²) in [4.78, 5) is 37.4. The lowest BCUT2D eigenvalue weighted by molar-refractivity contribution is -0.220. The van der Waals surface area contributed by atoms with E-state index in [1.54, 1.807) is 0 Å². The lowest BCUT2D eigenvalue weighted by atomic mass is 9.33. The van der Waals surface area contributed by atoms with Crippen LogP contribution in [0.2, 0.25) is 0 Å². The monoisotopic (exact) mass is 677 g/mol. The van der Waals surface area contributed by atoms with Gasteiger partial charge < -0.3 is 20.3 Å². The van der Waals surface area contributed by atoms with Crippen LogP contribution in [-0.2, 0) is 14.3 Å². The summed E-state index contributed by atoms with van der Waals surface area (Å²) in [6.45, 7) is 25.1. The van der Waals surface area contributed by atoms with Gasteiger partial charge in [0.15, 0.2) is 5.41 Å². The van der Waals surface area contributed by atoms with E-state index >= 15 is 0 Å². The topological polar surface area (TPSA) is 113 Å². The number of amides is 1. The number of nitrogens with one attached hydrogen (secondary N) is 1. The van der Waals surface area contributed by atoms with E-state index in [0.29, 0.717) is 36.0 Å². The van der Waals surface area contributed by atoms with E-state index < -0.39 is 23.0 Å². The Morgan fingerprint density at radius 1 is 0.837 bits per heavy atom. The fourth-order valence-electron chi connectivity index (χ4n) is 13.6. The van der Waals surface area contributed by atoms with E-state index in [4.69, 9.17) is 4.74 Å². The third-order valence-electron chi connectivity index (χ3n) is 16.1. The van der Waals surface area contributed by atoms with Crippen molar-refractivity contribution in [3.05, 3.63) is 35.5 Å². The van der Waals surface area contributed by atoms with Crippen LogP contribution in [0.15, 0.2) is 35.5 Å². The Morgan fingerprint density at radius 2 is 1.51 bits per heavy atom. The lowest BCUT2D eigenvalue weighted by Gasteiger charge is -2.72. The normalized spacial score (nSPS) is 42.2. The zero-order valence-corrected chi connectivity index (χ0v) is 31.8. The minimum absolute atomic E-state index is 0.0411. The van der Waals surface area contributed by atoms with Crippen LogP contribution in [0.25, 0.3) is 0 Å². The molecule has 0 spiro atoms. The first-order valence-corrected chi connectivity index (χ1v) is 19.1. The number of hydrogen-bond donors (Lipinski definition) is 3. The van der Waals surface area contributed by atoms with Gasteiger partial charge in [-0.2, -0.15) is 0 Å². The van der Waals surface area contributed by atoms with Gasteiger partial charge in [0, 0.05) is 5.54 Å². The SMILES string of the molecule is C=C(C)[C@@H]1CC[C@]2(NC(=O)OC(C)(C)C)CC[C@]3(C)[C@H](CCC4[C@@]5(C)CC=C(C6=CCC(C(=O)O)(C(=O)O)CC6)C(C)(C)C5CC[C@]43C)C12. The highest BCUT2D eigenvalue weighted by atomic mass is 16.6. The first kappa shape index (κ1) is 36.2. The first-order chi connectivity index (χ1) is 22.6. The number of ether oxygens (including phenoxy) is 1. The van der Waals surface area contributed by atoms with Crippen LogP contribution < -0.4 is 5.32 Å². The molecule has 3 N–H and O–H groups in total. The van der Waals surface area contributed by atoms with Gasteiger partial charge in [0.25, 0.3) is 0 Å². The van der Waals surface area contributed by atoms with Crippen molar-refractivity contribution in [2.75, 3.05) is 0 Å². The second-order valence-electron chi connectivity index (χ2n) is 19.6. The number of aliphatic carboxylic acids is 2. The molecule has 49 heavy (non-hydrogen) atoms. The maximum Gasteiger partial charge on any atom is 0.408 e. The van der Waals surface area contributed by atoms with E-state index in [2.05, 4.69) is 59.5 Å². The number of rotatable bonds is 5. The summed E-state index contributed by atoms with van der Waals surface area (Å²) in [5, 5.41) is 23.1. The van der Waals surface area contributed by atoms with Crippen LogP contribution in [0, 0.1) is 56.7 Å². The van der Waals surface area contributed by atoms with E-state index in [1.165, 1.54) is 30.4 Å². The molecule has 0 aromatic rings. The van der Waals surface area contributed by atoms with Crippen molar-refractivity contribution in [2.45, 2.75) is 151 Å². The van der Waals surface area contributed by atoms with Crippen LogP contribution in [0.3, 0.4) is 0 Å². The molecule has 0 heterocycles. The number of hydrogen-bond acceptors (Lipinski definition) is 4. The molecule has 7 heteroatoms. The molecule has 1 amide bonds. The molecular weight excluding hydrogens is 614 g/mol. The van der Waals surface area contributed by atoms with Gasteiger partial charge >= 0.3 is 18.0 Å². The molecule has 0 aromatic heterocycles. The third kappa shape index (κ3) is 5.20. The van der Waals surface area contributed by atoms with Crippen molar-refractivity contribution >= 4 is 18.0 Å². The lowest BCUT2D eigenvalue weighted by Crippen LogP contribution is -2.68. The second kappa shape index (κ2) is 11.5. The number of carbonyl (C=O) groups excluding carboxylic acids is 1. The molecule has 0 aliphatic heterocycles. The van der Waals surface area contributed by atoms with Gasteiger partial charge in [-0.05, 0) is 167 Å². The van der Waals surface area contributed by atoms with Gasteiger partial charge in [0.05, 0.1) is 0 Å². The Bertz CT molecular complexity index is 1480. The molecule has 0 aromatic carbocycles. The molecule has 6 aliphatic rings. The smallest absolute Gasteiger partial charge is 0.408 e. The molecule has 0 saturated heterocycles. The maximum absolute atomic E-state index is 13.3. The summed E-state index contributed by atoms with van der Waals surface area (Å²) in [6.07, 6.45) is 14.6. The number of carboxylic acids is 2. The molecule has 0 radical (unpaired) electrons. The van der Waals surface area contributed by atoms with Gasteiger partial charge in [-0.1, -0.05) is 58.9 Å². The molecular formula is C42H63NO6. The molecule has 4 saturated carbocycles. The van der Waals surface area contributed by atoms with Crippen LogP contribution in [0.4, 0.5) is 4.79 Å². The second-order valence-corrected chi connectivity index (χ2v) is 19.6. The van der Waals surface area contributed by atoms with Crippen molar-refractivity contribution in [2.24, 2.45) is 56.7 Å². The molecule has 0 bridgehead atoms. The summed E-state index contributed by atoms with van der Waals surface area (Å²) in [5.41, 5.74) is 1.54. The summed E-state index contributed by atoms with van der Waals surface area (Å²) in [6, 6.07) is 0. The highest BCUT2D eigenvalue weighted by Crippen LogP contribution is 2.76. The van der Waals surface area contributed by atoms with Crippen LogP contribution >= 0.6 is 0 Å². The van der Waals surface area contributed by atoms with E-state index in [0.717, 1.165) is 44.1 Å². The average molecular weight is 678 g/mol. The largest absolute Gasteiger partial charge is 0.480 e. The van der Waals surface area contributed by atoms with Crippen LogP contribution in [0.5, 0.6) is 0 Å². The average Bonchev–Trinajstić information content (AvgIpc) is 3.35. The predicted octanol–water partition coefficient (Wildman–Crippen LogP) is 9.72. The third-order valence-corrected chi connectivity index (χ3v) is 16.1. The number of fused-ring (bicyclic) bond motifs is 7. The summed E-state index contributed by atoms with van der Waals surface area (Å²) < 4.78 is 5.85. The number of carbonyl (C=O) groups is 3. The minimum Gasteiger partial charge on any atom is -0.480 e. The molecule has 6 aliphatic carbocycles. The van der Waals surface area contributed by atoms with E-state index in [-0.39, 0.29) is 46.1 Å². The fraction of sp³-hybridized carbons (Fsp3) is 0.786. The molecule has 272 valence electrons. The van der Waals surface area contributed by atoms with E-state index in [9.17, 15) is 24.6 Å². The zero-order valence-electron chi connectivity index (χ0n) is 31.8. The summed E-state index contributed by atoms with van der Waals surface area (Å²) >= 11 is 0. The van der Waals surface area contributed by atoms with Crippen molar-refractivity contribution in [3.8, 4) is 0 Å². The van der Waals surface area contributed by atoms with E-state index in [1.807, 2.05) is 26.8 Å². The minimum atomic E-state index is -1.72. The zero-order chi connectivity index (χ0) is 36.2. The first-order valence-electron chi connectivity index (χ1n) is 19.1. The highest BCUT2D eigenvalue weighted by molar-refractivity contribution is 5.98. The summed E-state index contributed by atoms with van der Waals surface area (Å²) in [7, 11) is 0. The Kier molecular flexibility index (Phi) is 8.48. The van der Waals surface area contributed by atoms with Crippen molar-refractivity contribution < 1.29 is 29.3 Å². The van der Waals surface area contributed by atoms with Crippen molar-refractivity contribution in [1.82, 2.24) is 5.32 Å². The Morgan fingerprint density at radius 3 is 2.08 bits per heavy atom. The molecule has 4 fully saturated rings. The van der Waals surface area contributed by atoms with Gasteiger partial charge in [-0.3, -0.25) is 9.59 Å².